The van der Waals surface area contributed by atoms with E-state index in [2.05, 4.69) is 44.5 Å². The molecule has 3 heterocycles. The maximum absolute atomic E-state index is 12.1. The van der Waals surface area contributed by atoms with Crippen LogP contribution in [0.2, 0.25) is 0 Å². The minimum Gasteiger partial charge on any atom is -0.465 e. The largest absolute Gasteiger partial charge is 0.465 e. The van der Waals surface area contributed by atoms with Crippen molar-refractivity contribution >= 4 is 33.3 Å². The Labute approximate surface area is 168 Å². The van der Waals surface area contributed by atoms with E-state index in [0.717, 1.165) is 47.7 Å². The number of nitrogens with one attached hydrogen (secondary N) is 1. The van der Waals surface area contributed by atoms with Gasteiger partial charge in [-0.2, -0.15) is 0 Å². The highest BCUT2D eigenvalue weighted by molar-refractivity contribution is 7.20. The van der Waals surface area contributed by atoms with Crippen molar-refractivity contribution in [1.29, 1.82) is 0 Å². The number of nitrogens with zero attached hydrogens (tertiary/aromatic N) is 3. The molecule has 0 spiro atoms. The molecule has 1 aromatic carbocycles. The Morgan fingerprint density at radius 3 is 2.82 bits per heavy atom. The van der Waals surface area contributed by atoms with Crippen molar-refractivity contribution in [2.24, 2.45) is 0 Å². The van der Waals surface area contributed by atoms with Crippen LogP contribution in [-0.2, 0) is 11.3 Å². The van der Waals surface area contributed by atoms with Crippen LogP contribution in [-0.4, -0.2) is 47.1 Å². The molecule has 4 rings (SSSR count). The van der Waals surface area contributed by atoms with Gasteiger partial charge in [0.2, 0.25) is 0 Å². The molecule has 7 heteroatoms. The summed E-state index contributed by atoms with van der Waals surface area (Å²) in [6.07, 6.45) is 1.06. The van der Waals surface area contributed by atoms with Gasteiger partial charge in [-0.25, -0.2) is 14.8 Å². The predicted molar refractivity (Wildman–Crippen MR) is 112 cm³/mol. The summed E-state index contributed by atoms with van der Waals surface area (Å²) in [4.78, 5) is 25.1. The first-order valence-electron chi connectivity index (χ1n) is 9.44. The summed E-state index contributed by atoms with van der Waals surface area (Å²) in [6, 6.07) is 10.9. The fraction of sp³-hybridized carbons (Fsp3) is 0.381. The molecule has 1 fully saturated rings. The highest BCUT2D eigenvalue weighted by atomic mass is 32.1. The second-order valence-electron chi connectivity index (χ2n) is 7.20. The molecule has 0 aliphatic carbocycles. The molecule has 2 aromatic heterocycles. The number of methoxy groups -OCH3 is 1. The van der Waals surface area contributed by atoms with Crippen molar-refractivity contribution in [3.05, 3.63) is 52.2 Å². The number of anilines is 1. The van der Waals surface area contributed by atoms with E-state index in [9.17, 15) is 4.79 Å². The number of ether oxygens (including phenoxy) is 1. The van der Waals surface area contributed by atoms with Gasteiger partial charge in [-0.15, -0.1) is 11.3 Å². The number of fused-ring (bicyclic) bond motifs is 1. The molecule has 0 amide bonds. The molecule has 28 heavy (non-hydrogen) atoms. The second-order valence-corrected chi connectivity index (χ2v) is 8.20. The van der Waals surface area contributed by atoms with Crippen molar-refractivity contribution in [1.82, 2.24) is 14.9 Å². The minimum absolute atomic E-state index is 0.320. The highest BCUT2D eigenvalue weighted by Crippen LogP contribution is 2.35. The third-order valence-corrected chi connectivity index (χ3v) is 6.30. The van der Waals surface area contributed by atoms with Crippen molar-refractivity contribution in [3.63, 3.8) is 0 Å². The quantitative estimate of drug-likeness (QED) is 0.662. The fourth-order valence-corrected chi connectivity index (χ4v) is 4.91. The number of rotatable bonds is 5. The summed E-state index contributed by atoms with van der Waals surface area (Å²) in [5, 5.41) is 4.54. The Balaban J connectivity index is 1.55. The van der Waals surface area contributed by atoms with Gasteiger partial charge in [0.25, 0.3) is 0 Å². The summed E-state index contributed by atoms with van der Waals surface area (Å²) in [7, 11) is 1.40. The zero-order valence-corrected chi connectivity index (χ0v) is 17.2. The smallest absolute Gasteiger partial charge is 0.348 e. The van der Waals surface area contributed by atoms with Crippen molar-refractivity contribution < 1.29 is 9.53 Å². The number of hydrogen-bond acceptors (Lipinski definition) is 7. The molecule has 6 nitrogen and oxygen atoms in total. The number of carbonyl (C=O) groups is 1. The van der Waals surface area contributed by atoms with Gasteiger partial charge in [0, 0.05) is 25.7 Å². The molecule has 0 saturated carbocycles. The van der Waals surface area contributed by atoms with Gasteiger partial charge in [0.15, 0.2) is 0 Å². The lowest BCUT2D eigenvalue weighted by Gasteiger charge is -2.18. The van der Waals surface area contributed by atoms with Crippen molar-refractivity contribution in [3.8, 4) is 0 Å². The summed E-state index contributed by atoms with van der Waals surface area (Å²) >= 11 is 1.37. The average molecular weight is 397 g/mol. The SMILES string of the molecule is COC(=O)c1sc2nc(C)nc(N[C@@H]3CCN(Cc4ccccc4)C3)c2c1C. The number of esters is 1. The molecular formula is C21H24N4O2S. The number of benzene rings is 1. The predicted octanol–water partition coefficient (Wildman–Crippen LogP) is 3.78. The third-order valence-electron chi connectivity index (χ3n) is 5.13. The molecule has 3 aromatic rings. The molecule has 1 aliphatic rings. The van der Waals surface area contributed by atoms with Crippen LogP contribution in [0.3, 0.4) is 0 Å². The standard InChI is InChI=1S/C21H24N4O2S/c1-13-17-19(22-14(2)23-20(17)28-18(13)21(26)27-3)24-16-9-10-25(12-16)11-15-7-5-4-6-8-15/h4-8,16H,9-12H2,1-3H3,(H,22,23,24)/t16-/m1/s1. The lowest BCUT2D eigenvalue weighted by molar-refractivity contribution is 0.0605. The van der Waals surface area contributed by atoms with Crippen LogP contribution in [0, 0.1) is 13.8 Å². The molecule has 0 unspecified atom stereocenters. The van der Waals surface area contributed by atoms with E-state index in [0.29, 0.717) is 16.7 Å². The molecule has 1 atom stereocenters. The number of hydrogen-bond donors (Lipinski definition) is 1. The zero-order valence-electron chi connectivity index (χ0n) is 16.4. The maximum Gasteiger partial charge on any atom is 0.348 e. The monoisotopic (exact) mass is 396 g/mol. The van der Waals surface area contributed by atoms with E-state index in [1.54, 1.807) is 0 Å². The van der Waals surface area contributed by atoms with E-state index in [4.69, 9.17) is 4.74 Å². The Kier molecular flexibility index (Phi) is 5.28. The molecule has 1 N–H and O–H groups in total. The number of aromatic nitrogens is 2. The number of likely N-dealkylation sites (tertiary alicyclic amines) is 1. The van der Waals surface area contributed by atoms with E-state index in [1.165, 1.54) is 24.0 Å². The van der Waals surface area contributed by atoms with Gasteiger partial charge in [-0.1, -0.05) is 30.3 Å². The zero-order chi connectivity index (χ0) is 19.7. The summed E-state index contributed by atoms with van der Waals surface area (Å²) in [5.74, 6) is 1.20. The molecular weight excluding hydrogens is 372 g/mol. The summed E-state index contributed by atoms with van der Waals surface area (Å²) < 4.78 is 4.92. The first-order valence-corrected chi connectivity index (χ1v) is 10.3. The van der Waals surface area contributed by atoms with Crippen LogP contribution in [0.25, 0.3) is 10.2 Å². The van der Waals surface area contributed by atoms with Crippen molar-refractivity contribution in [2.45, 2.75) is 32.9 Å². The Morgan fingerprint density at radius 2 is 2.07 bits per heavy atom. The van der Waals surface area contributed by atoms with Gasteiger partial charge in [-0.3, -0.25) is 4.90 Å². The Hall–Kier alpha value is -2.51. The Bertz CT molecular complexity index is 1000. The third kappa shape index (κ3) is 3.72. The van der Waals surface area contributed by atoms with E-state index >= 15 is 0 Å². The van der Waals surface area contributed by atoms with E-state index in [1.807, 2.05) is 19.9 Å². The summed E-state index contributed by atoms with van der Waals surface area (Å²) in [6.45, 7) is 6.79. The lowest BCUT2D eigenvalue weighted by atomic mass is 10.2. The summed E-state index contributed by atoms with van der Waals surface area (Å²) in [5.41, 5.74) is 2.22. The first kappa shape index (κ1) is 18.8. The number of aryl methyl sites for hydroxylation is 2. The topological polar surface area (TPSA) is 67.3 Å². The van der Waals surface area contributed by atoms with Gasteiger partial charge in [0.05, 0.1) is 12.5 Å². The first-order chi connectivity index (χ1) is 13.5. The second kappa shape index (κ2) is 7.85. The molecule has 146 valence electrons. The number of thiophene rings is 1. The lowest BCUT2D eigenvalue weighted by Crippen LogP contribution is -2.26. The number of carbonyl (C=O) groups excluding carboxylic acids is 1. The van der Waals surface area contributed by atoms with Crippen LogP contribution in [0.15, 0.2) is 30.3 Å². The molecule has 0 radical (unpaired) electrons. The Morgan fingerprint density at radius 1 is 1.29 bits per heavy atom. The van der Waals surface area contributed by atoms with Crippen LogP contribution in [0.1, 0.15) is 33.0 Å². The fourth-order valence-electron chi connectivity index (χ4n) is 3.77. The van der Waals surface area contributed by atoms with Gasteiger partial charge >= 0.3 is 5.97 Å². The van der Waals surface area contributed by atoms with E-state index in [-0.39, 0.29) is 5.97 Å². The molecule has 0 bridgehead atoms. The highest BCUT2D eigenvalue weighted by Gasteiger charge is 2.25. The maximum atomic E-state index is 12.1. The van der Waals surface area contributed by atoms with Gasteiger partial charge in [0.1, 0.15) is 21.3 Å². The van der Waals surface area contributed by atoms with Crippen LogP contribution in [0.4, 0.5) is 5.82 Å². The van der Waals surface area contributed by atoms with Crippen molar-refractivity contribution in [2.75, 3.05) is 25.5 Å². The van der Waals surface area contributed by atoms with Crippen LogP contribution in [0.5, 0.6) is 0 Å². The van der Waals surface area contributed by atoms with E-state index < -0.39 is 0 Å². The molecule has 1 aliphatic heterocycles. The van der Waals surface area contributed by atoms with Crippen LogP contribution < -0.4 is 5.32 Å². The average Bonchev–Trinajstić information content (AvgIpc) is 3.26. The molecule has 1 saturated heterocycles. The van der Waals surface area contributed by atoms with Crippen LogP contribution >= 0.6 is 11.3 Å². The van der Waals surface area contributed by atoms with Gasteiger partial charge < -0.3 is 10.1 Å². The normalized spacial score (nSPS) is 17.2. The van der Waals surface area contributed by atoms with Gasteiger partial charge in [-0.05, 0) is 31.4 Å². The minimum atomic E-state index is -0.320.